The average molecular weight is 270 g/mol. The smallest absolute Gasteiger partial charge is 0.128 e. The Balaban J connectivity index is 2.19. The summed E-state index contributed by atoms with van der Waals surface area (Å²) in [4.78, 5) is 0. The van der Waals surface area contributed by atoms with Crippen LogP contribution in [0.1, 0.15) is 44.7 Å². The highest BCUT2D eigenvalue weighted by Gasteiger charge is 2.30. The Hall–Kier alpha value is -0.600. The van der Waals surface area contributed by atoms with Crippen molar-refractivity contribution in [3.8, 4) is 0 Å². The van der Waals surface area contributed by atoms with Crippen molar-refractivity contribution in [1.82, 2.24) is 0 Å². The first-order valence-electron chi connectivity index (χ1n) is 6.68. The highest BCUT2D eigenvalue weighted by molar-refractivity contribution is 6.30. The van der Waals surface area contributed by atoms with E-state index < -0.39 is 0 Å². The second-order valence-electron chi connectivity index (χ2n) is 5.87. The summed E-state index contributed by atoms with van der Waals surface area (Å²) in [5.41, 5.74) is 6.83. The molecule has 18 heavy (non-hydrogen) atoms. The first-order valence-corrected chi connectivity index (χ1v) is 7.05. The van der Waals surface area contributed by atoms with Crippen LogP contribution in [0.2, 0.25) is 5.02 Å². The minimum Gasteiger partial charge on any atom is -0.324 e. The fraction of sp³-hybridized carbons (Fsp3) is 0.600. The molecule has 2 rings (SSSR count). The fourth-order valence-corrected chi connectivity index (χ4v) is 3.51. The topological polar surface area (TPSA) is 26.0 Å². The summed E-state index contributed by atoms with van der Waals surface area (Å²) >= 11 is 5.93. The summed E-state index contributed by atoms with van der Waals surface area (Å²) in [5.74, 6) is 1.47. The molecule has 0 saturated heterocycles. The monoisotopic (exact) mass is 269 g/mol. The lowest BCUT2D eigenvalue weighted by atomic mass is 9.72. The summed E-state index contributed by atoms with van der Waals surface area (Å²) < 4.78 is 13.8. The number of halogens is 2. The molecule has 1 aromatic carbocycles. The van der Waals surface area contributed by atoms with Gasteiger partial charge in [-0.1, -0.05) is 25.4 Å². The molecule has 1 saturated carbocycles. The zero-order valence-electron chi connectivity index (χ0n) is 11.0. The van der Waals surface area contributed by atoms with Crippen LogP contribution in [-0.2, 0) is 0 Å². The molecular formula is C15H21ClFN. The maximum atomic E-state index is 13.8. The van der Waals surface area contributed by atoms with E-state index in [9.17, 15) is 4.39 Å². The lowest BCUT2D eigenvalue weighted by molar-refractivity contribution is 0.192. The SMILES string of the molecule is CC1CC(C)CC(C(N)c2cc(Cl)ccc2F)C1. The Kier molecular flexibility index (Phi) is 4.29. The molecule has 0 amide bonds. The molecule has 1 fully saturated rings. The van der Waals surface area contributed by atoms with Crippen LogP contribution in [0.25, 0.3) is 0 Å². The van der Waals surface area contributed by atoms with Crippen LogP contribution < -0.4 is 5.73 Å². The van der Waals surface area contributed by atoms with Gasteiger partial charge in [-0.3, -0.25) is 0 Å². The number of hydrogen-bond donors (Lipinski definition) is 1. The molecule has 1 aliphatic rings. The van der Waals surface area contributed by atoms with E-state index in [2.05, 4.69) is 13.8 Å². The largest absolute Gasteiger partial charge is 0.324 e. The van der Waals surface area contributed by atoms with E-state index in [1.54, 1.807) is 12.1 Å². The van der Waals surface area contributed by atoms with Crippen LogP contribution in [0, 0.1) is 23.6 Å². The molecule has 3 heteroatoms. The second kappa shape index (κ2) is 5.58. The normalized spacial score (nSPS) is 30.2. The lowest BCUT2D eigenvalue weighted by Crippen LogP contribution is -2.29. The highest BCUT2D eigenvalue weighted by atomic mass is 35.5. The molecule has 0 heterocycles. The quantitative estimate of drug-likeness (QED) is 0.837. The predicted molar refractivity (Wildman–Crippen MR) is 74.0 cm³/mol. The summed E-state index contributed by atoms with van der Waals surface area (Å²) in [5, 5.41) is 0.554. The van der Waals surface area contributed by atoms with Crippen LogP contribution >= 0.6 is 11.6 Å². The van der Waals surface area contributed by atoms with E-state index in [-0.39, 0.29) is 11.9 Å². The Morgan fingerprint density at radius 3 is 2.44 bits per heavy atom. The van der Waals surface area contributed by atoms with Crippen LogP contribution in [0.4, 0.5) is 4.39 Å². The van der Waals surface area contributed by atoms with Gasteiger partial charge in [-0.15, -0.1) is 0 Å². The number of rotatable bonds is 2. The standard InChI is InChI=1S/C15H21ClFN/c1-9-5-10(2)7-11(6-9)15(18)13-8-12(16)3-4-14(13)17/h3-4,8-11,15H,5-7,18H2,1-2H3. The predicted octanol–water partition coefficient (Wildman–Crippen LogP) is 4.55. The van der Waals surface area contributed by atoms with E-state index in [1.807, 2.05) is 0 Å². The third-order valence-corrected chi connectivity index (χ3v) is 4.28. The summed E-state index contributed by atoms with van der Waals surface area (Å²) in [6, 6.07) is 4.41. The van der Waals surface area contributed by atoms with Gasteiger partial charge in [0.05, 0.1) is 0 Å². The molecule has 3 atom stereocenters. The van der Waals surface area contributed by atoms with E-state index in [0.717, 1.165) is 12.8 Å². The van der Waals surface area contributed by atoms with Crippen molar-refractivity contribution >= 4 is 11.6 Å². The van der Waals surface area contributed by atoms with Gasteiger partial charge in [0, 0.05) is 16.6 Å². The van der Waals surface area contributed by atoms with Crippen LogP contribution in [0.3, 0.4) is 0 Å². The van der Waals surface area contributed by atoms with Crippen LogP contribution in [-0.4, -0.2) is 0 Å². The van der Waals surface area contributed by atoms with Gasteiger partial charge in [0.2, 0.25) is 0 Å². The van der Waals surface area contributed by atoms with E-state index in [0.29, 0.717) is 28.3 Å². The Morgan fingerprint density at radius 1 is 1.22 bits per heavy atom. The Morgan fingerprint density at radius 2 is 1.83 bits per heavy atom. The van der Waals surface area contributed by atoms with Gasteiger partial charge in [0.25, 0.3) is 0 Å². The number of nitrogens with two attached hydrogens (primary N) is 1. The molecule has 0 aliphatic heterocycles. The van der Waals surface area contributed by atoms with Crippen molar-refractivity contribution < 1.29 is 4.39 Å². The van der Waals surface area contributed by atoms with Gasteiger partial charge in [-0.05, 0) is 55.2 Å². The van der Waals surface area contributed by atoms with E-state index in [1.165, 1.54) is 12.5 Å². The van der Waals surface area contributed by atoms with Crippen molar-refractivity contribution in [1.29, 1.82) is 0 Å². The first kappa shape index (κ1) is 13.8. The molecule has 0 aromatic heterocycles. The van der Waals surface area contributed by atoms with Gasteiger partial charge in [0.1, 0.15) is 5.82 Å². The van der Waals surface area contributed by atoms with Gasteiger partial charge < -0.3 is 5.73 Å². The molecule has 1 aliphatic carbocycles. The van der Waals surface area contributed by atoms with Gasteiger partial charge in [-0.2, -0.15) is 0 Å². The molecule has 1 nitrogen and oxygen atoms in total. The van der Waals surface area contributed by atoms with Gasteiger partial charge in [-0.25, -0.2) is 4.39 Å². The van der Waals surface area contributed by atoms with Crippen molar-refractivity contribution in [3.63, 3.8) is 0 Å². The van der Waals surface area contributed by atoms with Crippen molar-refractivity contribution in [2.45, 2.75) is 39.2 Å². The maximum absolute atomic E-state index is 13.8. The first-order chi connectivity index (χ1) is 8.47. The zero-order chi connectivity index (χ0) is 13.3. The van der Waals surface area contributed by atoms with E-state index in [4.69, 9.17) is 17.3 Å². The Bertz CT molecular complexity index is 411. The fourth-order valence-electron chi connectivity index (χ4n) is 3.33. The molecular weight excluding hydrogens is 249 g/mol. The van der Waals surface area contributed by atoms with Crippen molar-refractivity contribution in [2.24, 2.45) is 23.5 Å². The minimum atomic E-state index is -0.242. The third-order valence-electron chi connectivity index (χ3n) is 4.04. The van der Waals surface area contributed by atoms with Gasteiger partial charge in [0.15, 0.2) is 0 Å². The molecule has 0 spiro atoms. The lowest BCUT2D eigenvalue weighted by Gasteiger charge is -2.35. The number of benzene rings is 1. The van der Waals surface area contributed by atoms with Crippen LogP contribution in [0.5, 0.6) is 0 Å². The second-order valence-corrected chi connectivity index (χ2v) is 6.31. The average Bonchev–Trinajstić information content (AvgIpc) is 2.30. The van der Waals surface area contributed by atoms with E-state index >= 15 is 0 Å². The molecule has 100 valence electrons. The van der Waals surface area contributed by atoms with Crippen molar-refractivity contribution in [3.05, 3.63) is 34.6 Å². The van der Waals surface area contributed by atoms with Crippen molar-refractivity contribution in [2.75, 3.05) is 0 Å². The van der Waals surface area contributed by atoms with Gasteiger partial charge >= 0.3 is 0 Å². The molecule has 3 unspecified atom stereocenters. The minimum absolute atomic E-state index is 0.238. The molecule has 2 N–H and O–H groups in total. The zero-order valence-corrected chi connectivity index (χ0v) is 11.8. The maximum Gasteiger partial charge on any atom is 0.128 e. The summed E-state index contributed by atoms with van der Waals surface area (Å²) in [6.07, 6.45) is 3.41. The van der Waals surface area contributed by atoms with Crippen LogP contribution in [0.15, 0.2) is 18.2 Å². The summed E-state index contributed by atoms with van der Waals surface area (Å²) in [7, 11) is 0. The Labute approximate surface area is 114 Å². The molecule has 0 bridgehead atoms. The molecule has 0 radical (unpaired) electrons. The third kappa shape index (κ3) is 3.04. The number of hydrogen-bond acceptors (Lipinski definition) is 1. The molecule has 1 aromatic rings. The summed E-state index contributed by atoms with van der Waals surface area (Å²) in [6.45, 7) is 4.51. The highest BCUT2D eigenvalue weighted by Crippen LogP contribution is 2.39.